The van der Waals surface area contributed by atoms with Gasteiger partial charge >= 0.3 is 0 Å². The van der Waals surface area contributed by atoms with Gasteiger partial charge < -0.3 is 5.32 Å². The first-order valence-electron chi connectivity index (χ1n) is 13.1. The van der Waals surface area contributed by atoms with Gasteiger partial charge in [-0.05, 0) is 79.3 Å². The molecule has 0 aliphatic heterocycles. The van der Waals surface area contributed by atoms with Gasteiger partial charge in [0.15, 0.2) is 0 Å². The molecule has 0 fully saturated rings. The van der Waals surface area contributed by atoms with Gasteiger partial charge in [0.1, 0.15) is 0 Å². The fraction of sp³-hybridized carbons (Fsp3) is 0.229. The monoisotopic (exact) mass is 508 g/mol. The molecule has 4 nitrogen and oxygen atoms in total. The Kier molecular flexibility index (Phi) is 8.58. The molecule has 39 heavy (non-hydrogen) atoms. The van der Waals surface area contributed by atoms with Crippen molar-refractivity contribution >= 4 is 0 Å². The molecule has 1 N–H and O–H groups in total. The second-order valence-corrected chi connectivity index (χ2v) is 10.6. The normalized spacial score (nSPS) is 12.5. The molecule has 0 aliphatic carbocycles. The van der Waals surface area contributed by atoms with E-state index in [1.54, 1.807) is 0 Å². The molecule has 4 rings (SSSR count). The number of nitriles is 3. The van der Waals surface area contributed by atoms with E-state index in [2.05, 4.69) is 85.0 Å². The highest BCUT2D eigenvalue weighted by atomic mass is 14.9. The maximum absolute atomic E-state index is 10.1. The first-order valence-corrected chi connectivity index (χ1v) is 13.1. The summed E-state index contributed by atoms with van der Waals surface area (Å²) >= 11 is 0. The van der Waals surface area contributed by atoms with Crippen molar-refractivity contribution in [1.29, 1.82) is 15.8 Å². The maximum Gasteiger partial charge on any atom is 0.0991 e. The Morgan fingerprint density at radius 2 is 1.33 bits per heavy atom. The molecule has 192 valence electrons. The van der Waals surface area contributed by atoms with E-state index >= 15 is 0 Å². The van der Waals surface area contributed by atoms with Crippen LogP contribution >= 0.6 is 0 Å². The van der Waals surface area contributed by atoms with Crippen LogP contribution in [0.25, 0.3) is 11.1 Å². The lowest BCUT2D eigenvalue weighted by Crippen LogP contribution is -2.36. The lowest BCUT2D eigenvalue weighted by atomic mass is 9.80. The van der Waals surface area contributed by atoms with Crippen molar-refractivity contribution in [2.45, 2.75) is 39.2 Å². The van der Waals surface area contributed by atoms with Gasteiger partial charge in [0.25, 0.3) is 0 Å². The second kappa shape index (κ2) is 12.2. The average Bonchev–Trinajstić information content (AvgIpc) is 2.98. The van der Waals surface area contributed by atoms with Crippen LogP contribution in [0.4, 0.5) is 0 Å². The minimum absolute atomic E-state index is 0.121. The third-order valence-corrected chi connectivity index (χ3v) is 7.26. The van der Waals surface area contributed by atoms with Crippen LogP contribution in [-0.4, -0.2) is 6.54 Å². The molecular formula is C35H32N4. The van der Waals surface area contributed by atoms with E-state index in [9.17, 15) is 10.5 Å². The third-order valence-electron chi connectivity index (χ3n) is 7.26. The first kappa shape index (κ1) is 27.3. The Balaban J connectivity index is 1.61. The summed E-state index contributed by atoms with van der Waals surface area (Å²) in [7, 11) is 0. The highest BCUT2D eigenvalue weighted by molar-refractivity contribution is 5.64. The van der Waals surface area contributed by atoms with E-state index in [-0.39, 0.29) is 12.0 Å². The quantitative estimate of drug-likeness (QED) is 0.252. The molecule has 4 aromatic carbocycles. The Bertz CT molecular complexity index is 1530. The van der Waals surface area contributed by atoms with Crippen LogP contribution in [0.2, 0.25) is 0 Å². The molecule has 0 spiro atoms. The van der Waals surface area contributed by atoms with Gasteiger partial charge in [-0.25, -0.2) is 0 Å². The van der Waals surface area contributed by atoms with Crippen LogP contribution in [0.15, 0.2) is 97.1 Å². The molecule has 0 aliphatic rings. The number of hydrogen-bond acceptors (Lipinski definition) is 4. The van der Waals surface area contributed by atoms with Crippen molar-refractivity contribution in [2.24, 2.45) is 5.41 Å². The molecule has 0 aromatic heterocycles. The standard InChI is InChI=1S/C35H32N4/c1-25-7-9-26(10-8-25)19-33(32-6-4-5-28(20-32)22-37)23-39-34(35(2,3)24-38)31-17-15-30(16-18-31)29-13-11-27(21-36)12-14-29/h4-18,20,33-34,39H,19,23H2,1-3H3. The summed E-state index contributed by atoms with van der Waals surface area (Å²) in [5.41, 5.74) is 7.33. The van der Waals surface area contributed by atoms with E-state index < -0.39 is 5.41 Å². The van der Waals surface area contributed by atoms with E-state index in [0.717, 1.165) is 28.7 Å². The Morgan fingerprint density at radius 3 is 1.92 bits per heavy atom. The molecule has 0 bridgehead atoms. The Labute approximate surface area is 231 Å². The molecular weight excluding hydrogens is 476 g/mol. The lowest BCUT2D eigenvalue weighted by Gasteiger charge is -2.32. The summed E-state index contributed by atoms with van der Waals surface area (Å²) in [4.78, 5) is 0. The van der Waals surface area contributed by atoms with Gasteiger partial charge in [0.05, 0.1) is 40.8 Å². The molecule has 4 aromatic rings. The summed E-state index contributed by atoms with van der Waals surface area (Å²) in [6.07, 6.45) is 0.819. The van der Waals surface area contributed by atoms with Crippen LogP contribution in [0, 0.1) is 46.3 Å². The minimum atomic E-state index is -0.654. The molecule has 0 heterocycles. The zero-order chi connectivity index (χ0) is 27.8. The summed E-state index contributed by atoms with van der Waals surface area (Å²) in [6.45, 7) is 6.66. The smallest absolute Gasteiger partial charge is 0.0991 e. The molecule has 4 heteroatoms. The number of hydrogen-bond donors (Lipinski definition) is 1. The molecule has 0 saturated heterocycles. The summed E-state index contributed by atoms with van der Waals surface area (Å²) in [5, 5.41) is 32.4. The van der Waals surface area contributed by atoms with Gasteiger partial charge in [-0.1, -0.05) is 78.4 Å². The highest BCUT2D eigenvalue weighted by Gasteiger charge is 2.31. The predicted molar refractivity (Wildman–Crippen MR) is 156 cm³/mol. The zero-order valence-corrected chi connectivity index (χ0v) is 22.6. The van der Waals surface area contributed by atoms with Crippen molar-refractivity contribution in [1.82, 2.24) is 5.32 Å². The van der Waals surface area contributed by atoms with E-state index in [1.165, 1.54) is 11.1 Å². The molecule has 2 atom stereocenters. The van der Waals surface area contributed by atoms with Crippen molar-refractivity contribution < 1.29 is 0 Å². The highest BCUT2D eigenvalue weighted by Crippen LogP contribution is 2.35. The van der Waals surface area contributed by atoms with Gasteiger partial charge in [0.2, 0.25) is 0 Å². The van der Waals surface area contributed by atoms with Crippen molar-refractivity contribution in [2.75, 3.05) is 6.54 Å². The second-order valence-electron chi connectivity index (χ2n) is 10.6. The number of aryl methyl sites for hydroxylation is 1. The summed E-state index contributed by atoms with van der Waals surface area (Å²) in [6, 6.07) is 39.0. The van der Waals surface area contributed by atoms with Crippen LogP contribution in [0.1, 0.15) is 59.2 Å². The van der Waals surface area contributed by atoms with Crippen LogP contribution in [0.3, 0.4) is 0 Å². The maximum atomic E-state index is 10.1. The fourth-order valence-corrected chi connectivity index (χ4v) is 4.90. The number of nitrogens with one attached hydrogen (secondary N) is 1. The molecule has 2 unspecified atom stereocenters. The topological polar surface area (TPSA) is 83.4 Å². The number of benzene rings is 4. The van der Waals surface area contributed by atoms with Gasteiger partial charge in [-0.15, -0.1) is 0 Å². The Morgan fingerprint density at radius 1 is 0.718 bits per heavy atom. The van der Waals surface area contributed by atoms with Gasteiger partial charge in [-0.3, -0.25) is 0 Å². The van der Waals surface area contributed by atoms with Gasteiger partial charge in [-0.2, -0.15) is 15.8 Å². The lowest BCUT2D eigenvalue weighted by molar-refractivity contribution is 0.317. The van der Waals surface area contributed by atoms with Crippen molar-refractivity contribution in [3.8, 4) is 29.3 Å². The van der Waals surface area contributed by atoms with Crippen LogP contribution < -0.4 is 5.32 Å². The van der Waals surface area contributed by atoms with Gasteiger partial charge in [0, 0.05) is 12.5 Å². The predicted octanol–water partition coefficient (Wildman–Crippen LogP) is 7.61. The largest absolute Gasteiger partial charge is 0.308 e. The average molecular weight is 509 g/mol. The van der Waals surface area contributed by atoms with E-state index in [0.29, 0.717) is 17.7 Å². The van der Waals surface area contributed by atoms with Crippen molar-refractivity contribution in [3.05, 3.63) is 130 Å². The molecule has 0 saturated carbocycles. The van der Waals surface area contributed by atoms with Crippen LogP contribution in [0.5, 0.6) is 0 Å². The summed E-state index contributed by atoms with van der Waals surface area (Å²) < 4.78 is 0. The fourth-order valence-electron chi connectivity index (χ4n) is 4.90. The minimum Gasteiger partial charge on any atom is -0.308 e. The van der Waals surface area contributed by atoms with Crippen molar-refractivity contribution in [3.63, 3.8) is 0 Å². The van der Waals surface area contributed by atoms with E-state index in [4.69, 9.17) is 5.26 Å². The SMILES string of the molecule is Cc1ccc(CC(CNC(c2ccc(-c3ccc(C#N)cc3)cc2)C(C)(C)C#N)c2cccc(C#N)c2)cc1. The van der Waals surface area contributed by atoms with E-state index in [1.807, 2.05) is 56.3 Å². The molecule has 0 amide bonds. The Hall–Kier alpha value is -4.69. The first-order chi connectivity index (χ1) is 18.8. The zero-order valence-electron chi connectivity index (χ0n) is 22.6. The molecule has 0 radical (unpaired) electrons. The summed E-state index contributed by atoms with van der Waals surface area (Å²) in [5.74, 6) is 0.121. The third kappa shape index (κ3) is 6.80. The number of rotatable bonds is 9. The van der Waals surface area contributed by atoms with Crippen LogP contribution in [-0.2, 0) is 6.42 Å². The number of nitrogens with zero attached hydrogens (tertiary/aromatic N) is 3.